The Hall–Kier alpha value is -1.08. The van der Waals surface area contributed by atoms with Crippen molar-refractivity contribution in [1.82, 2.24) is 10.3 Å². The number of amides is 1. The maximum atomic E-state index is 12.2. The second-order valence-electron chi connectivity index (χ2n) is 5.37. The zero-order valence-corrected chi connectivity index (χ0v) is 15.3. The van der Waals surface area contributed by atoms with Crippen LogP contribution >= 0.6 is 35.5 Å². The minimum absolute atomic E-state index is 0. The predicted molar refractivity (Wildman–Crippen MR) is 98.9 cm³/mol. The second kappa shape index (κ2) is 8.68. The van der Waals surface area contributed by atoms with Gasteiger partial charge in [0.1, 0.15) is 0 Å². The number of hydrogen-bond donors (Lipinski definition) is 2. The van der Waals surface area contributed by atoms with E-state index in [1.165, 1.54) is 0 Å². The molecule has 3 rings (SSSR count). The molecule has 0 spiro atoms. The first-order valence-corrected chi connectivity index (χ1v) is 9.14. The lowest BCUT2D eigenvalue weighted by atomic mass is 10.0. The van der Waals surface area contributed by atoms with Crippen molar-refractivity contribution < 1.29 is 4.79 Å². The molecule has 0 aliphatic carbocycles. The molecule has 7 heteroatoms. The molecular formula is C16H20ClN3OS2. The zero-order valence-electron chi connectivity index (χ0n) is 12.9. The average molecular weight is 370 g/mol. The van der Waals surface area contributed by atoms with Crippen LogP contribution in [0.25, 0.3) is 0 Å². The highest BCUT2D eigenvalue weighted by Crippen LogP contribution is 2.30. The largest absolute Gasteiger partial charge is 0.325 e. The summed E-state index contributed by atoms with van der Waals surface area (Å²) >= 11 is 3.30. The summed E-state index contributed by atoms with van der Waals surface area (Å²) in [6.07, 6.45) is 3.20. The van der Waals surface area contributed by atoms with Gasteiger partial charge in [0.2, 0.25) is 5.91 Å². The molecule has 2 heterocycles. The molecule has 2 N–H and O–H groups in total. The van der Waals surface area contributed by atoms with Gasteiger partial charge in [0.15, 0.2) is 4.34 Å². The van der Waals surface area contributed by atoms with Crippen LogP contribution in [-0.2, 0) is 4.79 Å². The Morgan fingerprint density at radius 3 is 2.74 bits per heavy atom. The van der Waals surface area contributed by atoms with Crippen LogP contribution in [0.2, 0.25) is 0 Å². The number of nitrogens with one attached hydrogen (secondary N) is 2. The Morgan fingerprint density at radius 2 is 2.13 bits per heavy atom. The summed E-state index contributed by atoms with van der Waals surface area (Å²) in [7, 11) is 0. The molecule has 1 fully saturated rings. The first kappa shape index (κ1) is 18.3. The number of nitrogens with zero attached hydrogens (tertiary/aromatic N) is 1. The highest BCUT2D eigenvalue weighted by Gasteiger charge is 2.20. The van der Waals surface area contributed by atoms with Crippen molar-refractivity contribution in [2.24, 2.45) is 0 Å². The van der Waals surface area contributed by atoms with Crippen molar-refractivity contribution in [2.45, 2.75) is 41.5 Å². The summed E-state index contributed by atoms with van der Waals surface area (Å²) in [5.41, 5.74) is 1.90. The number of carbonyl (C=O) groups is 1. The summed E-state index contributed by atoms with van der Waals surface area (Å²) in [4.78, 5) is 17.7. The summed E-state index contributed by atoms with van der Waals surface area (Å²) < 4.78 is 1.04. The van der Waals surface area contributed by atoms with E-state index in [4.69, 9.17) is 0 Å². The van der Waals surface area contributed by atoms with E-state index in [0.717, 1.165) is 46.4 Å². The minimum atomic E-state index is -0.0545. The molecule has 4 nitrogen and oxygen atoms in total. The van der Waals surface area contributed by atoms with Crippen molar-refractivity contribution in [3.05, 3.63) is 35.3 Å². The number of halogens is 1. The van der Waals surface area contributed by atoms with Crippen LogP contribution < -0.4 is 10.6 Å². The molecule has 2 aromatic rings. The summed E-state index contributed by atoms with van der Waals surface area (Å²) in [5.74, 6) is 0.0654. The van der Waals surface area contributed by atoms with Gasteiger partial charge in [-0.25, -0.2) is 4.98 Å². The first-order valence-electron chi connectivity index (χ1n) is 7.45. The van der Waals surface area contributed by atoms with Crippen LogP contribution in [-0.4, -0.2) is 23.5 Å². The summed E-state index contributed by atoms with van der Waals surface area (Å²) in [6.45, 7) is 2.93. The molecule has 1 saturated heterocycles. The van der Waals surface area contributed by atoms with E-state index in [9.17, 15) is 4.79 Å². The molecule has 1 unspecified atom stereocenters. The number of hydrogen-bond acceptors (Lipinski definition) is 5. The standard InChI is InChI=1S/C16H19N3OS2.ClH/c1-11-10-21-16(18-11)22-13-7-5-12(6-8-13)19-15(20)14-4-2-3-9-17-14;/h5-8,10,14,17H,2-4,9H2,1H3,(H,19,20);1H. The fourth-order valence-corrected chi connectivity index (χ4v) is 4.20. The fourth-order valence-electron chi connectivity index (χ4n) is 2.39. The van der Waals surface area contributed by atoms with Gasteiger partial charge in [-0.1, -0.05) is 18.2 Å². The molecule has 1 amide bonds. The van der Waals surface area contributed by atoms with Gasteiger partial charge in [0, 0.05) is 21.7 Å². The topological polar surface area (TPSA) is 54.0 Å². The third-order valence-electron chi connectivity index (χ3n) is 3.55. The van der Waals surface area contributed by atoms with E-state index in [2.05, 4.69) is 15.6 Å². The molecule has 0 radical (unpaired) electrons. The second-order valence-corrected chi connectivity index (χ2v) is 7.55. The van der Waals surface area contributed by atoms with Crippen molar-refractivity contribution in [1.29, 1.82) is 0 Å². The number of aryl methyl sites for hydroxylation is 1. The van der Waals surface area contributed by atoms with Crippen LogP contribution in [0.3, 0.4) is 0 Å². The quantitative estimate of drug-likeness (QED) is 0.851. The van der Waals surface area contributed by atoms with Crippen LogP contribution in [0.15, 0.2) is 38.9 Å². The predicted octanol–water partition coefficient (Wildman–Crippen LogP) is 4.11. The number of piperidine rings is 1. The Kier molecular flexibility index (Phi) is 6.89. The van der Waals surface area contributed by atoms with Gasteiger partial charge in [0.05, 0.1) is 6.04 Å². The maximum Gasteiger partial charge on any atom is 0.241 e. The molecule has 1 aromatic heterocycles. The Labute approximate surface area is 150 Å². The molecule has 1 aliphatic heterocycles. The molecule has 1 atom stereocenters. The number of rotatable bonds is 4. The van der Waals surface area contributed by atoms with Crippen LogP contribution in [0.1, 0.15) is 25.0 Å². The molecule has 0 saturated carbocycles. The van der Waals surface area contributed by atoms with Gasteiger partial charge in [0.25, 0.3) is 0 Å². The van der Waals surface area contributed by atoms with E-state index in [1.807, 2.05) is 36.6 Å². The van der Waals surface area contributed by atoms with Gasteiger partial charge < -0.3 is 10.6 Å². The van der Waals surface area contributed by atoms with Crippen molar-refractivity contribution in [3.63, 3.8) is 0 Å². The average Bonchev–Trinajstić information content (AvgIpc) is 2.95. The summed E-state index contributed by atoms with van der Waals surface area (Å²) in [6, 6.07) is 7.88. The van der Waals surface area contributed by atoms with Crippen LogP contribution in [0.4, 0.5) is 5.69 Å². The van der Waals surface area contributed by atoms with Gasteiger partial charge in [-0.05, 0) is 50.6 Å². The minimum Gasteiger partial charge on any atom is -0.325 e. The van der Waals surface area contributed by atoms with Crippen LogP contribution in [0.5, 0.6) is 0 Å². The highest BCUT2D eigenvalue weighted by atomic mass is 35.5. The molecular weight excluding hydrogens is 350 g/mol. The number of thiazole rings is 1. The smallest absolute Gasteiger partial charge is 0.241 e. The molecule has 1 aliphatic rings. The Balaban J connectivity index is 0.00000192. The van der Waals surface area contributed by atoms with Crippen molar-refractivity contribution in [2.75, 3.05) is 11.9 Å². The number of aromatic nitrogens is 1. The Morgan fingerprint density at radius 1 is 1.35 bits per heavy atom. The van der Waals surface area contributed by atoms with Gasteiger partial charge in [-0.3, -0.25) is 4.79 Å². The lowest BCUT2D eigenvalue weighted by molar-refractivity contribution is -0.118. The number of anilines is 1. The molecule has 124 valence electrons. The molecule has 23 heavy (non-hydrogen) atoms. The van der Waals surface area contributed by atoms with E-state index in [-0.39, 0.29) is 24.4 Å². The third-order valence-corrected chi connectivity index (χ3v) is 5.62. The molecule has 0 bridgehead atoms. The fraction of sp³-hybridized carbons (Fsp3) is 0.375. The number of carbonyl (C=O) groups excluding carboxylic acids is 1. The SMILES string of the molecule is Cc1csc(Sc2ccc(NC(=O)C3CCCCN3)cc2)n1.Cl. The third kappa shape index (κ3) is 5.21. The van der Waals surface area contributed by atoms with E-state index < -0.39 is 0 Å². The van der Waals surface area contributed by atoms with Gasteiger partial charge in [-0.15, -0.1) is 23.7 Å². The lowest BCUT2D eigenvalue weighted by Gasteiger charge is -2.22. The summed E-state index contributed by atoms with van der Waals surface area (Å²) in [5, 5.41) is 8.30. The monoisotopic (exact) mass is 369 g/mol. The lowest BCUT2D eigenvalue weighted by Crippen LogP contribution is -2.43. The zero-order chi connectivity index (χ0) is 15.4. The number of benzene rings is 1. The Bertz CT molecular complexity index is 639. The van der Waals surface area contributed by atoms with Crippen molar-refractivity contribution >= 4 is 47.1 Å². The van der Waals surface area contributed by atoms with Crippen LogP contribution in [0, 0.1) is 6.92 Å². The van der Waals surface area contributed by atoms with E-state index in [0.29, 0.717) is 0 Å². The maximum absolute atomic E-state index is 12.2. The van der Waals surface area contributed by atoms with E-state index in [1.54, 1.807) is 23.1 Å². The van der Waals surface area contributed by atoms with Gasteiger partial charge >= 0.3 is 0 Å². The first-order chi connectivity index (χ1) is 10.7. The molecule has 1 aromatic carbocycles. The highest BCUT2D eigenvalue weighted by molar-refractivity contribution is 8.01. The van der Waals surface area contributed by atoms with E-state index >= 15 is 0 Å². The normalized spacial score (nSPS) is 17.3. The van der Waals surface area contributed by atoms with Crippen molar-refractivity contribution in [3.8, 4) is 0 Å². The van der Waals surface area contributed by atoms with Gasteiger partial charge in [-0.2, -0.15) is 0 Å².